The summed E-state index contributed by atoms with van der Waals surface area (Å²) in [5.41, 5.74) is 1.61. The minimum atomic E-state index is -3.42. The minimum absolute atomic E-state index is 0.0191. The van der Waals surface area contributed by atoms with Crippen LogP contribution in [0.4, 0.5) is 11.4 Å². The maximum atomic E-state index is 13.0. The van der Waals surface area contributed by atoms with Crippen molar-refractivity contribution in [3.63, 3.8) is 0 Å². The summed E-state index contributed by atoms with van der Waals surface area (Å²) in [6, 6.07) is 7.69. The van der Waals surface area contributed by atoms with E-state index in [1.54, 1.807) is 0 Å². The van der Waals surface area contributed by atoms with Crippen molar-refractivity contribution in [1.82, 2.24) is 4.31 Å². The molecule has 1 aromatic carbocycles. The van der Waals surface area contributed by atoms with Gasteiger partial charge in [0.15, 0.2) is 0 Å². The molecule has 2 saturated carbocycles. The van der Waals surface area contributed by atoms with Crippen molar-refractivity contribution in [2.45, 2.75) is 39.2 Å². The summed E-state index contributed by atoms with van der Waals surface area (Å²) >= 11 is 0. The molecule has 2 saturated heterocycles. The number of hydrogen-bond acceptors (Lipinski definition) is 5. The van der Waals surface area contributed by atoms with Gasteiger partial charge in [-0.25, -0.2) is 8.42 Å². The Bertz CT molecular complexity index is 940. The summed E-state index contributed by atoms with van der Waals surface area (Å²) in [6.07, 6.45) is 2.94. The maximum Gasteiger partial charge on any atom is 0.239 e. The molecule has 0 radical (unpaired) electrons. The molecule has 1 N–H and O–H groups in total. The second kappa shape index (κ2) is 6.93. The van der Waals surface area contributed by atoms with Crippen LogP contribution in [0.2, 0.25) is 0 Å². The number of carbonyl (C=O) groups excluding carboxylic acids is 1. The molecular weight excluding hydrogens is 402 g/mol. The Morgan fingerprint density at radius 1 is 1.20 bits per heavy atom. The first-order valence-corrected chi connectivity index (χ1v) is 12.6. The lowest BCUT2D eigenvalue weighted by atomic mass is 9.69. The van der Waals surface area contributed by atoms with E-state index in [9.17, 15) is 13.2 Å². The van der Waals surface area contributed by atoms with Crippen LogP contribution in [0.1, 0.15) is 33.1 Å². The fourth-order valence-electron chi connectivity index (χ4n) is 6.50. The number of amides is 1. The van der Waals surface area contributed by atoms with Crippen LogP contribution in [0.25, 0.3) is 0 Å². The quantitative estimate of drug-likeness (QED) is 0.788. The van der Waals surface area contributed by atoms with Crippen molar-refractivity contribution >= 4 is 27.3 Å². The lowest BCUT2D eigenvalue weighted by Gasteiger charge is -2.37. The molecule has 2 heterocycles. The topological polar surface area (TPSA) is 79.0 Å². The zero-order valence-corrected chi connectivity index (χ0v) is 18.6. The predicted molar refractivity (Wildman–Crippen MR) is 116 cm³/mol. The maximum absolute atomic E-state index is 13.0. The molecular formula is C22H31N3O4S. The van der Waals surface area contributed by atoms with E-state index in [1.807, 2.05) is 24.3 Å². The molecule has 8 heteroatoms. The first-order valence-electron chi connectivity index (χ1n) is 11.0. The molecule has 4 aliphatic rings. The van der Waals surface area contributed by atoms with Gasteiger partial charge in [-0.05, 0) is 54.9 Å². The fourth-order valence-corrected chi connectivity index (χ4v) is 9.02. The summed E-state index contributed by atoms with van der Waals surface area (Å²) in [5, 5.41) is 2.89. The van der Waals surface area contributed by atoms with Crippen LogP contribution >= 0.6 is 0 Å². The Balaban J connectivity index is 1.27. The van der Waals surface area contributed by atoms with Crippen LogP contribution < -0.4 is 10.2 Å². The van der Waals surface area contributed by atoms with Gasteiger partial charge in [-0.2, -0.15) is 4.31 Å². The molecule has 164 valence electrons. The SMILES string of the molecule is CC1(C)[C@@H]2CC[C@@]13CS(=O)(=O)N(CC(=O)Nc1ccc(N4CCOCC4)cc1)[C@H]3C2. The molecule has 0 unspecified atom stereocenters. The zero-order chi connectivity index (χ0) is 21.1. The van der Waals surface area contributed by atoms with Gasteiger partial charge in [0.25, 0.3) is 0 Å². The van der Waals surface area contributed by atoms with Gasteiger partial charge in [0.2, 0.25) is 15.9 Å². The highest BCUT2D eigenvalue weighted by molar-refractivity contribution is 7.89. The molecule has 1 spiro atoms. The first kappa shape index (κ1) is 20.3. The summed E-state index contributed by atoms with van der Waals surface area (Å²) in [5.74, 6) is 0.474. The Hall–Kier alpha value is -1.64. The minimum Gasteiger partial charge on any atom is -0.378 e. The normalized spacial score (nSPS) is 34.1. The number of benzene rings is 1. The number of morpholine rings is 1. The number of fused-ring (bicyclic) bond motifs is 1. The highest BCUT2D eigenvalue weighted by Crippen LogP contribution is 2.69. The van der Waals surface area contributed by atoms with Crippen molar-refractivity contribution in [1.29, 1.82) is 0 Å². The van der Waals surface area contributed by atoms with Crippen LogP contribution in [-0.4, -0.2) is 63.3 Å². The van der Waals surface area contributed by atoms with Gasteiger partial charge >= 0.3 is 0 Å². The van der Waals surface area contributed by atoms with E-state index >= 15 is 0 Å². The molecule has 2 bridgehead atoms. The standard InChI is InChI=1S/C22H31N3O4S/c1-21(2)16-7-8-22(21)15-30(27,28)25(19(22)13-16)14-20(26)23-17-3-5-18(6-4-17)24-9-11-29-12-10-24/h3-6,16,19H,7-15H2,1-2H3,(H,23,26)/t16-,19+,22+/m1/s1. The average molecular weight is 434 g/mol. The molecule has 5 rings (SSSR count). The van der Waals surface area contributed by atoms with Crippen molar-refractivity contribution in [2.75, 3.05) is 48.8 Å². The summed E-state index contributed by atoms with van der Waals surface area (Å²) in [7, 11) is -3.42. The number of ether oxygens (including phenoxy) is 1. The Morgan fingerprint density at radius 3 is 2.57 bits per heavy atom. The fraction of sp³-hybridized carbons (Fsp3) is 0.682. The van der Waals surface area contributed by atoms with Crippen molar-refractivity contribution < 1.29 is 17.9 Å². The molecule has 3 atom stereocenters. The number of rotatable bonds is 4. The van der Waals surface area contributed by atoms with E-state index in [1.165, 1.54) is 4.31 Å². The van der Waals surface area contributed by atoms with E-state index in [2.05, 4.69) is 24.1 Å². The molecule has 2 aliphatic carbocycles. The van der Waals surface area contributed by atoms with Crippen LogP contribution in [0.3, 0.4) is 0 Å². The van der Waals surface area contributed by atoms with Crippen molar-refractivity contribution in [3.05, 3.63) is 24.3 Å². The number of sulfonamides is 1. The molecule has 30 heavy (non-hydrogen) atoms. The molecule has 1 amide bonds. The van der Waals surface area contributed by atoms with Gasteiger partial charge in [-0.3, -0.25) is 4.79 Å². The zero-order valence-electron chi connectivity index (χ0n) is 17.8. The van der Waals surface area contributed by atoms with E-state index < -0.39 is 10.0 Å². The monoisotopic (exact) mass is 433 g/mol. The number of anilines is 2. The Labute approximate surface area is 178 Å². The first-order chi connectivity index (χ1) is 14.2. The average Bonchev–Trinajstić information content (AvgIpc) is 3.18. The number of hydrogen-bond donors (Lipinski definition) is 1. The van der Waals surface area contributed by atoms with Crippen molar-refractivity contribution in [3.8, 4) is 0 Å². The van der Waals surface area contributed by atoms with Crippen LogP contribution in [0, 0.1) is 16.7 Å². The number of nitrogens with one attached hydrogen (secondary N) is 1. The second-order valence-electron chi connectivity index (χ2n) is 9.86. The van der Waals surface area contributed by atoms with E-state index in [4.69, 9.17) is 4.74 Å². The number of carbonyl (C=O) groups is 1. The van der Waals surface area contributed by atoms with Crippen molar-refractivity contribution in [2.24, 2.45) is 16.7 Å². The molecule has 1 aromatic rings. The van der Waals surface area contributed by atoms with Crippen LogP contribution in [-0.2, 0) is 19.6 Å². The predicted octanol–water partition coefficient (Wildman–Crippen LogP) is 2.30. The second-order valence-corrected chi connectivity index (χ2v) is 11.8. The smallest absolute Gasteiger partial charge is 0.239 e. The third-order valence-electron chi connectivity index (χ3n) is 8.36. The lowest BCUT2D eigenvalue weighted by molar-refractivity contribution is -0.116. The van der Waals surface area contributed by atoms with Gasteiger partial charge in [0.1, 0.15) is 0 Å². The number of nitrogens with zero attached hydrogens (tertiary/aromatic N) is 2. The largest absolute Gasteiger partial charge is 0.378 e. The van der Waals surface area contributed by atoms with E-state index in [-0.39, 0.29) is 35.1 Å². The molecule has 7 nitrogen and oxygen atoms in total. The van der Waals surface area contributed by atoms with Crippen LogP contribution in [0.5, 0.6) is 0 Å². The van der Waals surface area contributed by atoms with Gasteiger partial charge in [-0.1, -0.05) is 13.8 Å². The summed E-state index contributed by atoms with van der Waals surface area (Å²) in [4.78, 5) is 15.0. The van der Waals surface area contributed by atoms with Gasteiger partial charge in [-0.15, -0.1) is 0 Å². The van der Waals surface area contributed by atoms with E-state index in [0.29, 0.717) is 11.6 Å². The Morgan fingerprint density at radius 2 is 1.90 bits per heavy atom. The molecule has 2 aliphatic heterocycles. The third kappa shape index (κ3) is 2.99. The summed E-state index contributed by atoms with van der Waals surface area (Å²) in [6.45, 7) is 7.52. The van der Waals surface area contributed by atoms with Crippen LogP contribution in [0.15, 0.2) is 24.3 Å². The van der Waals surface area contributed by atoms with Gasteiger partial charge in [0.05, 0.1) is 25.5 Å². The third-order valence-corrected chi connectivity index (χ3v) is 10.3. The lowest BCUT2D eigenvalue weighted by Crippen LogP contribution is -2.44. The molecule has 4 fully saturated rings. The Kier molecular flexibility index (Phi) is 4.69. The van der Waals surface area contributed by atoms with Gasteiger partial charge in [0, 0.05) is 35.9 Å². The highest BCUT2D eigenvalue weighted by atomic mass is 32.2. The van der Waals surface area contributed by atoms with Gasteiger partial charge < -0.3 is 15.0 Å². The van der Waals surface area contributed by atoms with E-state index in [0.717, 1.165) is 51.3 Å². The molecule has 0 aromatic heterocycles. The highest BCUT2D eigenvalue weighted by Gasteiger charge is 2.71. The summed E-state index contributed by atoms with van der Waals surface area (Å²) < 4.78 is 32.9.